The molecule has 0 amide bonds. The second-order valence-electron chi connectivity index (χ2n) is 6.66. The summed E-state index contributed by atoms with van der Waals surface area (Å²) in [6, 6.07) is 6.20. The van der Waals surface area contributed by atoms with Crippen LogP contribution in [-0.2, 0) is 6.42 Å². The number of benzene rings is 2. The highest BCUT2D eigenvalue weighted by Crippen LogP contribution is 2.47. The van der Waals surface area contributed by atoms with E-state index in [-0.39, 0.29) is 18.5 Å². The van der Waals surface area contributed by atoms with Crippen molar-refractivity contribution in [3.8, 4) is 23.0 Å². The van der Waals surface area contributed by atoms with Gasteiger partial charge in [0.15, 0.2) is 17.7 Å². The number of hydrogen-bond donors (Lipinski definition) is 3. The number of aromatic carboxylic acids is 1. The number of anilines is 1. The minimum absolute atomic E-state index is 0.155. The van der Waals surface area contributed by atoms with Gasteiger partial charge in [0.25, 0.3) is 0 Å². The van der Waals surface area contributed by atoms with Crippen LogP contribution >= 0.6 is 0 Å². The number of carbonyl (C=O) groups is 1. The number of fused-ring (bicyclic) bond motifs is 2. The quantitative estimate of drug-likeness (QED) is 0.713. The third kappa shape index (κ3) is 2.87. The van der Waals surface area contributed by atoms with Crippen molar-refractivity contribution in [1.82, 2.24) is 0 Å². The second-order valence-corrected chi connectivity index (χ2v) is 6.66. The highest BCUT2D eigenvalue weighted by molar-refractivity contribution is 5.91. The van der Waals surface area contributed by atoms with Crippen LogP contribution in [0.4, 0.5) is 5.69 Å². The van der Waals surface area contributed by atoms with Crippen LogP contribution in [0.25, 0.3) is 0 Å². The van der Waals surface area contributed by atoms with Gasteiger partial charge in [-0.2, -0.15) is 0 Å². The molecule has 4 rings (SSSR count). The monoisotopic (exact) mass is 372 g/mol. The van der Waals surface area contributed by atoms with Gasteiger partial charge in [-0.15, -0.1) is 0 Å². The van der Waals surface area contributed by atoms with E-state index in [9.17, 15) is 15.0 Å². The fraction of sp³-hybridized carbons (Fsp3) is 0.316. The number of likely N-dealkylation sites (N-methyl/N-ethyl adjacent to an activating group) is 1. The second kappa shape index (κ2) is 6.55. The summed E-state index contributed by atoms with van der Waals surface area (Å²) in [6.07, 6.45) is 0.656. The van der Waals surface area contributed by atoms with Crippen LogP contribution in [0.15, 0.2) is 24.3 Å². The van der Waals surface area contributed by atoms with E-state index in [1.807, 2.05) is 13.1 Å². The van der Waals surface area contributed by atoms with Gasteiger partial charge in [-0.25, -0.2) is 4.79 Å². The average molecular weight is 372 g/mol. The zero-order chi connectivity index (χ0) is 19.1. The molecular weight excluding hydrogens is 352 g/mol. The van der Waals surface area contributed by atoms with E-state index in [1.54, 1.807) is 13.2 Å². The minimum atomic E-state index is -1.24. The molecule has 27 heavy (non-hydrogen) atoms. The fourth-order valence-electron chi connectivity index (χ4n) is 3.67. The molecule has 3 N–H and O–H groups in total. The molecule has 2 aliphatic heterocycles. The first-order valence-corrected chi connectivity index (χ1v) is 8.62. The summed E-state index contributed by atoms with van der Waals surface area (Å²) in [6.45, 7) is 1.03. The van der Waals surface area contributed by atoms with E-state index < -0.39 is 11.7 Å². The average Bonchev–Trinajstić information content (AvgIpc) is 3.11. The third-order valence-corrected chi connectivity index (χ3v) is 5.04. The predicted octanol–water partition coefficient (Wildman–Crippen LogP) is 0.377. The van der Waals surface area contributed by atoms with Crippen LogP contribution in [0.2, 0.25) is 0 Å². The van der Waals surface area contributed by atoms with Crippen molar-refractivity contribution in [2.75, 3.05) is 32.8 Å². The molecule has 8 nitrogen and oxygen atoms in total. The Bertz CT molecular complexity index is 914. The number of quaternary nitrogens is 1. The topological polar surface area (TPSA) is 105 Å². The molecule has 0 aromatic heterocycles. The third-order valence-electron chi connectivity index (χ3n) is 5.04. The fourth-order valence-corrected chi connectivity index (χ4v) is 3.67. The van der Waals surface area contributed by atoms with Crippen molar-refractivity contribution in [2.45, 2.75) is 12.6 Å². The van der Waals surface area contributed by atoms with Crippen LogP contribution in [0, 0.1) is 0 Å². The first-order valence-electron chi connectivity index (χ1n) is 8.62. The number of nitrogens with one attached hydrogen (secondary N) is 2. The summed E-state index contributed by atoms with van der Waals surface area (Å²) in [7, 11) is 3.64. The number of hydrogen-bond acceptors (Lipinski definition) is 6. The van der Waals surface area contributed by atoms with Gasteiger partial charge in [0, 0.05) is 12.1 Å². The molecule has 8 heteroatoms. The molecule has 0 radical (unpaired) electrons. The van der Waals surface area contributed by atoms with Crippen molar-refractivity contribution in [1.29, 1.82) is 0 Å². The molecule has 0 aliphatic carbocycles. The maximum Gasteiger partial charge on any atom is 0.335 e. The van der Waals surface area contributed by atoms with Crippen LogP contribution < -0.4 is 29.5 Å². The lowest BCUT2D eigenvalue weighted by molar-refractivity contribution is -0.910. The normalized spacial score (nSPS) is 20.1. The van der Waals surface area contributed by atoms with E-state index in [4.69, 9.17) is 14.2 Å². The van der Waals surface area contributed by atoms with E-state index in [0.29, 0.717) is 22.9 Å². The van der Waals surface area contributed by atoms with Gasteiger partial charge in [0.05, 0.1) is 31.8 Å². The standard InChI is InChI=1S/C19H20N2O6/c1-21-6-5-10-7-14-16(27-9-26-14)17(25-2)15(10)18(21)20-11-3-4-13(22)12(8-11)19(23)24/h3-4,7-8,18,20,22H,5-6,9H2,1-2H3,(H,23,24)/t18-/m0/s1. The Labute approximate surface area is 155 Å². The van der Waals surface area contributed by atoms with Crippen molar-refractivity contribution in [3.05, 3.63) is 41.0 Å². The smallest absolute Gasteiger partial charge is 0.335 e. The van der Waals surface area contributed by atoms with Crippen molar-refractivity contribution < 1.29 is 34.1 Å². The Morgan fingerprint density at radius 3 is 2.93 bits per heavy atom. The lowest BCUT2D eigenvalue weighted by Crippen LogP contribution is -3.11. The Kier molecular flexibility index (Phi) is 4.19. The highest BCUT2D eigenvalue weighted by Gasteiger charge is 2.36. The van der Waals surface area contributed by atoms with Crippen molar-refractivity contribution in [2.24, 2.45) is 0 Å². The Balaban J connectivity index is 1.77. The van der Waals surface area contributed by atoms with E-state index in [2.05, 4.69) is 5.32 Å². The largest absolute Gasteiger partial charge is 0.872 e. The van der Waals surface area contributed by atoms with Crippen LogP contribution in [0.3, 0.4) is 0 Å². The Morgan fingerprint density at radius 1 is 1.37 bits per heavy atom. The number of methoxy groups -OCH3 is 1. The Morgan fingerprint density at radius 2 is 2.19 bits per heavy atom. The highest BCUT2D eigenvalue weighted by atomic mass is 16.7. The van der Waals surface area contributed by atoms with Gasteiger partial charge in [-0.1, -0.05) is 11.8 Å². The van der Waals surface area contributed by atoms with Crippen LogP contribution in [0.1, 0.15) is 27.7 Å². The summed E-state index contributed by atoms with van der Waals surface area (Å²) < 4.78 is 16.7. The summed E-state index contributed by atoms with van der Waals surface area (Å²) in [5.74, 6) is 0.121. The van der Waals surface area contributed by atoms with Crippen molar-refractivity contribution >= 4 is 11.7 Å². The molecule has 2 aliphatic rings. The van der Waals surface area contributed by atoms with Gasteiger partial charge in [-0.05, 0) is 23.8 Å². The van der Waals surface area contributed by atoms with Crippen molar-refractivity contribution in [3.63, 3.8) is 0 Å². The van der Waals surface area contributed by atoms with Gasteiger partial charge in [0.2, 0.25) is 12.5 Å². The predicted molar refractivity (Wildman–Crippen MR) is 93.8 cm³/mol. The summed E-state index contributed by atoms with van der Waals surface area (Å²) in [5, 5.41) is 24.3. The van der Waals surface area contributed by atoms with Crippen LogP contribution in [0.5, 0.6) is 23.0 Å². The van der Waals surface area contributed by atoms with Gasteiger partial charge in [-0.3, -0.25) is 0 Å². The molecule has 2 aromatic carbocycles. The molecule has 0 bridgehead atoms. The molecular formula is C19H20N2O6. The van der Waals surface area contributed by atoms with Crippen LogP contribution in [-0.4, -0.2) is 38.6 Å². The molecule has 0 spiro atoms. The molecule has 0 saturated heterocycles. The van der Waals surface area contributed by atoms with E-state index >= 15 is 0 Å². The van der Waals surface area contributed by atoms with Gasteiger partial charge < -0.3 is 34.6 Å². The molecule has 0 saturated carbocycles. The molecule has 2 heterocycles. The Hall–Kier alpha value is -3.13. The zero-order valence-electron chi connectivity index (χ0n) is 15.0. The molecule has 1 unspecified atom stereocenters. The molecule has 2 aromatic rings. The first kappa shape index (κ1) is 17.3. The maximum atomic E-state index is 11.7. The van der Waals surface area contributed by atoms with Gasteiger partial charge in [0.1, 0.15) is 0 Å². The summed E-state index contributed by atoms with van der Waals surface area (Å²) >= 11 is 0. The summed E-state index contributed by atoms with van der Waals surface area (Å²) in [5.41, 5.74) is 2.35. The number of carboxylic acids is 1. The minimum Gasteiger partial charge on any atom is -0.872 e. The van der Waals surface area contributed by atoms with E-state index in [1.165, 1.54) is 17.0 Å². The zero-order valence-corrected chi connectivity index (χ0v) is 15.0. The number of ether oxygens (including phenoxy) is 3. The van der Waals surface area contributed by atoms with Gasteiger partial charge >= 0.3 is 5.97 Å². The molecule has 2 atom stereocenters. The molecule has 142 valence electrons. The first-order chi connectivity index (χ1) is 13.0. The maximum absolute atomic E-state index is 11.7. The SMILES string of the molecule is COc1c2c(cc3c1[C@@H](Nc1ccc([O-])c(C(=O)O)c1)[NH+](C)CC3)OCO2. The summed E-state index contributed by atoms with van der Waals surface area (Å²) in [4.78, 5) is 12.5. The lowest BCUT2D eigenvalue weighted by Gasteiger charge is -2.34. The number of rotatable bonds is 4. The number of carboxylic acid groups (broad SMARTS) is 1. The van der Waals surface area contributed by atoms with E-state index in [0.717, 1.165) is 24.1 Å². The lowest BCUT2D eigenvalue weighted by atomic mass is 9.94. The molecule has 0 fully saturated rings.